The van der Waals surface area contributed by atoms with Crippen molar-refractivity contribution in [3.63, 3.8) is 0 Å². The highest BCUT2D eigenvalue weighted by Crippen LogP contribution is 2.65. The normalized spacial score (nSPS) is 30.4. The fourth-order valence-electron chi connectivity index (χ4n) is 7.63. The number of halogens is 3. The van der Waals surface area contributed by atoms with E-state index in [4.69, 9.17) is 9.47 Å². The van der Waals surface area contributed by atoms with Gasteiger partial charge in [0.25, 0.3) is 5.91 Å². The largest absolute Gasteiger partial charge is 0.487 e. The molecule has 9 heteroatoms. The van der Waals surface area contributed by atoms with Gasteiger partial charge in [-0.3, -0.25) is 14.5 Å². The Bertz CT molecular complexity index is 1410. The summed E-state index contributed by atoms with van der Waals surface area (Å²) in [5, 5.41) is 0. The molecule has 0 unspecified atom stereocenters. The van der Waals surface area contributed by atoms with Crippen molar-refractivity contribution in [1.29, 1.82) is 0 Å². The summed E-state index contributed by atoms with van der Waals surface area (Å²) < 4.78 is 51.6. The number of hydrogen-bond donors (Lipinski definition) is 0. The van der Waals surface area contributed by atoms with E-state index in [-0.39, 0.29) is 18.1 Å². The Balaban J connectivity index is 1.35. The summed E-state index contributed by atoms with van der Waals surface area (Å²) in [6, 6.07) is 10.1. The predicted molar refractivity (Wildman–Crippen MR) is 136 cm³/mol. The molecule has 2 heterocycles. The Morgan fingerprint density at radius 2 is 1.90 bits per heavy atom. The molecular weight excluding hydrogens is 509 g/mol. The molecule has 6 nitrogen and oxygen atoms in total. The number of likely N-dealkylation sites (tertiary alicyclic amines) is 1. The van der Waals surface area contributed by atoms with Gasteiger partial charge in [-0.15, -0.1) is 0 Å². The van der Waals surface area contributed by atoms with Gasteiger partial charge in [0, 0.05) is 31.0 Å². The zero-order valence-electron chi connectivity index (χ0n) is 22.0. The molecule has 1 saturated carbocycles. The summed E-state index contributed by atoms with van der Waals surface area (Å²) in [5.41, 5.74) is 0.463. The molecule has 2 aliphatic heterocycles. The van der Waals surface area contributed by atoms with Crippen molar-refractivity contribution in [1.82, 2.24) is 9.80 Å². The molecule has 1 amide bonds. The van der Waals surface area contributed by atoms with Crippen molar-refractivity contribution in [3.05, 3.63) is 64.7 Å². The molecule has 6 rings (SSSR count). The van der Waals surface area contributed by atoms with Gasteiger partial charge in [0.1, 0.15) is 17.5 Å². The van der Waals surface area contributed by atoms with Gasteiger partial charge < -0.3 is 14.4 Å². The minimum Gasteiger partial charge on any atom is -0.487 e. The highest BCUT2D eigenvalue weighted by atomic mass is 19.4. The van der Waals surface area contributed by atoms with Gasteiger partial charge in [0.05, 0.1) is 23.1 Å². The minimum atomic E-state index is -4.44. The van der Waals surface area contributed by atoms with Crippen LogP contribution in [0.15, 0.2) is 42.5 Å². The van der Waals surface area contributed by atoms with E-state index in [2.05, 4.69) is 29.9 Å². The van der Waals surface area contributed by atoms with Crippen LogP contribution in [0.2, 0.25) is 0 Å². The van der Waals surface area contributed by atoms with E-state index in [0.717, 1.165) is 42.8 Å². The van der Waals surface area contributed by atoms with Crippen molar-refractivity contribution in [2.45, 2.75) is 68.0 Å². The maximum Gasteiger partial charge on any atom is 0.416 e. The maximum atomic E-state index is 13.3. The van der Waals surface area contributed by atoms with Crippen LogP contribution in [0.4, 0.5) is 13.2 Å². The third-order valence-electron chi connectivity index (χ3n) is 9.23. The lowest BCUT2D eigenvalue weighted by Gasteiger charge is -2.65. The molecule has 0 radical (unpaired) electrons. The number of benzene rings is 2. The number of esters is 1. The number of amides is 1. The van der Waals surface area contributed by atoms with Crippen molar-refractivity contribution in [3.8, 4) is 17.6 Å². The maximum absolute atomic E-state index is 13.3. The van der Waals surface area contributed by atoms with Crippen LogP contribution >= 0.6 is 0 Å². The first kappa shape index (κ1) is 25.8. The first-order valence-corrected chi connectivity index (χ1v) is 13.1. The summed E-state index contributed by atoms with van der Waals surface area (Å²) in [4.78, 5) is 29.7. The zero-order chi connectivity index (χ0) is 27.7. The molecular formula is C30H29F3N2O4. The number of carbonyl (C=O) groups excluding carboxylic acids is 2. The third-order valence-corrected chi connectivity index (χ3v) is 9.23. The van der Waals surface area contributed by atoms with E-state index in [1.807, 2.05) is 12.1 Å². The van der Waals surface area contributed by atoms with Gasteiger partial charge in [-0.05, 0) is 75.2 Å². The molecule has 2 aromatic carbocycles. The third kappa shape index (κ3) is 3.68. The van der Waals surface area contributed by atoms with E-state index in [1.165, 1.54) is 24.6 Å². The SMILES string of the molecule is CC(=O)O[C@@]12CC[C@H](N(C)C(=O)C#Cc3ccc(C(F)(F)F)cc3)[C@@H]3Oc4cccc5c4[C@@]31CCN(C)[C@@H]2C5. The highest BCUT2D eigenvalue weighted by molar-refractivity contribution is 5.94. The number of piperidine rings is 1. The average Bonchev–Trinajstić information content (AvgIpc) is 3.23. The number of hydrogen-bond acceptors (Lipinski definition) is 5. The van der Waals surface area contributed by atoms with Crippen LogP contribution < -0.4 is 4.74 Å². The second-order valence-corrected chi connectivity index (χ2v) is 11.1. The van der Waals surface area contributed by atoms with Gasteiger partial charge in [0.2, 0.25) is 0 Å². The fraction of sp³-hybridized carbons (Fsp3) is 0.467. The Morgan fingerprint density at radius 3 is 2.59 bits per heavy atom. The summed E-state index contributed by atoms with van der Waals surface area (Å²) in [6.45, 7) is 2.26. The predicted octanol–water partition coefficient (Wildman–Crippen LogP) is 3.94. The van der Waals surface area contributed by atoms with Crippen molar-refractivity contribution < 1.29 is 32.2 Å². The first-order chi connectivity index (χ1) is 18.5. The van der Waals surface area contributed by atoms with Crippen LogP contribution in [0.25, 0.3) is 0 Å². The Labute approximate surface area is 225 Å². The fourth-order valence-corrected chi connectivity index (χ4v) is 7.63. The van der Waals surface area contributed by atoms with Crippen LogP contribution in [0.1, 0.15) is 48.4 Å². The van der Waals surface area contributed by atoms with Crippen LogP contribution in [-0.2, 0) is 32.3 Å². The summed E-state index contributed by atoms with van der Waals surface area (Å²) in [6.07, 6.45) is -2.27. The van der Waals surface area contributed by atoms with E-state index < -0.39 is 34.8 Å². The number of nitrogens with zero attached hydrogens (tertiary/aromatic N) is 2. The summed E-state index contributed by atoms with van der Waals surface area (Å²) in [7, 11) is 3.76. The van der Waals surface area contributed by atoms with E-state index in [0.29, 0.717) is 18.4 Å². The molecule has 4 aliphatic rings. The Morgan fingerprint density at radius 1 is 1.15 bits per heavy atom. The molecule has 0 N–H and O–H groups in total. The van der Waals surface area contributed by atoms with Gasteiger partial charge in [-0.2, -0.15) is 13.2 Å². The van der Waals surface area contributed by atoms with Crippen molar-refractivity contribution in [2.24, 2.45) is 0 Å². The monoisotopic (exact) mass is 538 g/mol. The van der Waals surface area contributed by atoms with Gasteiger partial charge in [0.15, 0.2) is 0 Å². The second-order valence-electron chi connectivity index (χ2n) is 11.1. The molecule has 5 atom stereocenters. The van der Waals surface area contributed by atoms with E-state index in [1.54, 1.807) is 11.9 Å². The number of likely N-dealkylation sites (N-methyl/N-ethyl adjacent to an activating group) is 2. The molecule has 1 saturated heterocycles. The number of alkyl halides is 3. The molecule has 2 bridgehead atoms. The molecule has 1 spiro atoms. The molecule has 0 aromatic heterocycles. The van der Waals surface area contributed by atoms with E-state index >= 15 is 0 Å². The smallest absolute Gasteiger partial charge is 0.416 e. The van der Waals surface area contributed by atoms with Crippen LogP contribution in [0.5, 0.6) is 5.75 Å². The van der Waals surface area contributed by atoms with Crippen LogP contribution in [0, 0.1) is 11.8 Å². The lowest BCUT2D eigenvalue weighted by Crippen LogP contribution is -2.78. The molecule has 204 valence electrons. The molecule has 2 fully saturated rings. The number of rotatable bonds is 2. The van der Waals surface area contributed by atoms with Crippen molar-refractivity contribution >= 4 is 11.9 Å². The topological polar surface area (TPSA) is 59.1 Å². The van der Waals surface area contributed by atoms with E-state index in [9.17, 15) is 22.8 Å². The second kappa shape index (κ2) is 8.75. The standard InChI is InChI=1S/C30H29F3N2O4/c1-18(36)39-29-14-13-22(35(3)25(37)12-9-19-7-10-21(11-8-19)30(31,32)33)27-28(29)15-16-34(2)24(29)17-20-5-4-6-23(38-27)26(20)28/h4-8,10-11,22,24,27H,13-17H2,1-3H3/t22-,24+,27-,28-,29+/m0/s1. The highest BCUT2D eigenvalue weighted by Gasteiger charge is 2.75. The zero-order valence-corrected chi connectivity index (χ0v) is 22.0. The lowest BCUT2D eigenvalue weighted by molar-refractivity contribution is -0.220. The minimum absolute atomic E-state index is 0.0106. The number of carbonyl (C=O) groups is 2. The molecule has 39 heavy (non-hydrogen) atoms. The van der Waals surface area contributed by atoms with Crippen LogP contribution in [-0.4, -0.2) is 66.1 Å². The Hall–Kier alpha value is -3.51. The molecule has 2 aliphatic carbocycles. The molecule has 2 aromatic rings. The average molecular weight is 539 g/mol. The van der Waals surface area contributed by atoms with Crippen molar-refractivity contribution in [2.75, 3.05) is 20.6 Å². The summed E-state index contributed by atoms with van der Waals surface area (Å²) in [5.74, 6) is 5.31. The van der Waals surface area contributed by atoms with Crippen LogP contribution in [0.3, 0.4) is 0 Å². The lowest BCUT2D eigenvalue weighted by atomic mass is 9.48. The van der Waals surface area contributed by atoms with Gasteiger partial charge >= 0.3 is 12.1 Å². The number of ether oxygens (including phenoxy) is 2. The quantitative estimate of drug-likeness (QED) is 0.429. The first-order valence-electron chi connectivity index (χ1n) is 13.1. The van der Waals surface area contributed by atoms with Gasteiger partial charge in [-0.25, -0.2) is 0 Å². The van der Waals surface area contributed by atoms with Gasteiger partial charge in [-0.1, -0.05) is 18.1 Å². The summed E-state index contributed by atoms with van der Waals surface area (Å²) >= 11 is 0. The Kier molecular flexibility index (Phi) is 5.78.